The summed E-state index contributed by atoms with van der Waals surface area (Å²) in [5, 5.41) is 2.90. The lowest BCUT2D eigenvalue weighted by atomic mass is 10.1. The van der Waals surface area contributed by atoms with Gasteiger partial charge in [0.2, 0.25) is 5.91 Å². The van der Waals surface area contributed by atoms with E-state index in [4.69, 9.17) is 21.1 Å². The van der Waals surface area contributed by atoms with E-state index in [1.807, 2.05) is 25.1 Å². The number of carbonyl (C=O) groups excluding carboxylic acids is 2. The number of halogens is 1. The minimum atomic E-state index is -0.186. The highest BCUT2D eigenvalue weighted by molar-refractivity contribution is 7.18. The third kappa shape index (κ3) is 4.52. The van der Waals surface area contributed by atoms with E-state index in [0.29, 0.717) is 33.9 Å². The molecule has 0 saturated carbocycles. The quantitative estimate of drug-likeness (QED) is 0.770. The van der Waals surface area contributed by atoms with Crippen molar-refractivity contribution in [2.45, 2.75) is 25.8 Å². The summed E-state index contributed by atoms with van der Waals surface area (Å²) in [7, 11) is 0. The van der Waals surface area contributed by atoms with Crippen LogP contribution in [0, 0.1) is 0 Å². The van der Waals surface area contributed by atoms with Crippen molar-refractivity contribution in [2.75, 3.05) is 13.2 Å². The van der Waals surface area contributed by atoms with Gasteiger partial charge < -0.3 is 14.8 Å². The zero-order valence-electron chi connectivity index (χ0n) is 13.7. The second-order valence-electron chi connectivity index (χ2n) is 5.72. The van der Waals surface area contributed by atoms with E-state index < -0.39 is 0 Å². The molecule has 132 valence electrons. The average Bonchev–Trinajstić information content (AvgIpc) is 3.05. The van der Waals surface area contributed by atoms with Crippen molar-refractivity contribution in [2.24, 2.45) is 0 Å². The molecule has 2 aromatic rings. The van der Waals surface area contributed by atoms with Crippen molar-refractivity contribution >= 4 is 34.6 Å². The molecule has 1 atom stereocenters. The molecule has 1 aliphatic heterocycles. The number of ketones is 1. The Kier molecular flexibility index (Phi) is 5.60. The number of thiophene rings is 1. The number of hydrogen-bond acceptors (Lipinski definition) is 5. The second-order valence-corrected chi connectivity index (χ2v) is 7.43. The Bertz CT molecular complexity index is 789. The first-order valence-corrected chi connectivity index (χ1v) is 9.20. The minimum absolute atomic E-state index is 0.0703. The Morgan fingerprint density at radius 1 is 1.16 bits per heavy atom. The molecule has 1 aliphatic rings. The molecule has 1 aromatic heterocycles. The molecule has 0 fully saturated rings. The summed E-state index contributed by atoms with van der Waals surface area (Å²) < 4.78 is 11.6. The molecular weight excluding hydrogens is 362 g/mol. The highest BCUT2D eigenvalue weighted by Gasteiger charge is 2.17. The van der Waals surface area contributed by atoms with Gasteiger partial charge in [-0.15, -0.1) is 11.3 Å². The number of nitrogens with one attached hydrogen (secondary N) is 1. The van der Waals surface area contributed by atoms with Crippen molar-refractivity contribution in [3.63, 3.8) is 0 Å². The summed E-state index contributed by atoms with van der Waals surface area (Å²) in [6.45, 7) is 2.96. The average molecular weight is 380 g/mol. The summed E-state index contributed by atoms with van der Waals surface area (Å²) in [4.78, 5) is 24.7. The highest BCUT2D eigenvalue weighted by Crippen LogP contribution is 2.32. The van der Waals surface area contributed by atoms with Crippen LogP contribution in [0.5, 0.6) is 11.5 Å². The van der Waals surface area contributed by atoms with Crippen LogP contribution >= 0.6 is 22.9 Å². The molecule has 1 unspecified atom stereocenters. The van der Waals surface area contributed by atoms with Crippen LogP contribution in [-0.2, 0) is 4.79 Å². The van der Waals surface area contributed by atoms with Crippen molar-refractivity contribution in [3.05, 3.63) is 45.1 Å². The Morgan fingerprint density at radius 2 is 1.92 bits per heavy atom. The lowest BCUT2D eigenvalue weighted by Crippen LogP contribution is -2.27. The summed E-state index contributed by atoms with van der Waals surface area (Å²) in [5.74, 6) is 1.17. The van der Waals surface area contributed by atoms with E-state index in [9.17, 15) is 9.59 Å². The third-order valence-corrected chi connectivity index (χ3v) is 5.14. The lowest BCUT2D eigenvalue weighted by Gasteiger charge is -2.21. The normalized spacial score (nSPS) is 14.0. The van der Waals surface area contributed by atoms with Crippen LogP contribution in [-0.4, -0.2) is 24.9 Å². The molecule has 1 amide bonds. The molecule has 2 heterocycles. The topological polar surface area (TPSA) is 64.6 Å². The first-order chi connectivity index (χ1) is 12.0. The molecule has 1 N–H and O–H groups in total. The molecule has 3 rings (SSSR count). The third-order valence-electron chi connectivity index (χ3n) is 3.87. The molecule has 5 nitrogen and oxygen atoms in total. The molecule has 0 saturated heterocycles. The zero-order chi connectivity index (χ0) is 17.8. The van der Waals surface area contributed by atoms with Gasteiger partial charge in [-0.2, -0.15) is 0 Å². The largest absolute Gasteiger partial charge is 0.486 e. The second kappa shape index (κ2) is 7.89. The molecule has 1 aromatic carbocycles. The number of rotatable bonds is 6. The summed E-state index contributed by atoms with van der Waals surface area (Å²) in [6.07, 6.45) is 0.305. The van der Waals surface area contributed by atoms with E-state index in [0.717, 1.165) is 5.56 Å². The van der Waals surface area contributed by atoms with Crippen LogP contribution in [0.1, 0.15) is 41.0 Å². The SMILES string of the molecule is CC(NC(=O)CCC(=O)c1ccc(Cl)s1)c1ccc2c(c1)OCCO2. The highest BCUT2D eigenvalue weighted by atomic mass is 35.5. The van der Waals surface area contributed by atoms with Crippen molar-refractivity contribution in [3.8, 4) is 11.5 Å². The number of carbonyl (C=O) groups is 2. The molecule has 0 spiro atoms. The van der Waals surface area contributed by atoms with Gasteiger partial charge in [0.25, 0.3) is 0 Å². The van der Waals surface area contributed by atoms with Gasteiger partial charge in [0.1, 0.15) is 13.2 Å². The van der Waals surface area contributed by atoms with Crippen molar-refractivity contribution in [1.82, 2.24) is 5.32 Å². The fourth-order valence-corrected chi connectivity index (χ4v) is 3.55. The molecule has 25 heavy (non-hydrogen) atoms. The monoisotopic (exact) mass is 379 g/mol. The zero-order valence-corrected chi connectivity index (χ0v) is 15.3. The van der Waals surface area contributed by atoms with Crippen molar-refractivity contribution < 1.29 is 19.1 Å². The van der Waals surface area contributed by atoms with E-state index in [1.165, 1.54) is 11.3 Å². The van der Waals surface area contributed by atoms with Gasteiger partial charge in [-0.1, -0.05) is 17.7 Å². The van der Waals surface area contributed by atoms with Gasteiger partial charge in [0.05, 0.1) is 15.3 Å². The maximum absolute atomic E-state index is 12.1. The summed E-state index contributed by atoms with van der Waals surface area (Å²) >= 11 is 7.05. The number of benzene rings is 1. The Labute approximate surface area is 154 Å². The van der Waals surface area contributed by atoms with Gasteiger partial charge in [0.15, 0.2) is 17.3 Å². The molecule has 0 bridgehead atoms. The van der Waals surface area contributed by atoms with E-state index in [-0.39, 0.29) is 30.6 Å². The summed E-state index contributed by atoms with van der Waals surface area (Å²) in [6, 6.07) is 8.80. The number of hydrogen-bond donors (Lipinski definition) is 1. The predicted octanol–water partition coefficient (Wildman–Crippen LogP) is 4.01. The van der Waals surface area contributed by atoms with Crippen LogP contribution in [0.4, 0.5) is 0 Å². The van der Waals surface area contributed by atoms with Gasteiger partial charge in [0, 0.05) is 12.8 Å². The van der Waals surface area contributed by atoms with Crippen LogP contribution in [0.3, 0.4) is 0 Å². The smallest absolute Gasteiger partial charge is 0.220 e. The van der Waals surface area contributed by atoms with Crippen LogP contribution in [0.25, 0.3) is 0 Å². The van der Waals surface area contributed by atoms with E-state index in [1.54, 1.807) is 12.1 Å². The Balaban J connectivity index is 1.53. The molecule has 7 heteroatoms. The van der Waals surface area contributed by atoms with Gasteiger partial charge in [-0.3, -0.25) is 9.59 Å². The Morgan fingerprint density at radius 3 is 2.64 bits per heavy atom. The minimum Gasteiger partial charge on any atom is -0.486 e. The van der Waals surface area contributed by atoms with E-state index in [2.05, 4.69) is 5.32 Å². The number of amides is 1. The van der Waals surface area contributed by atoms with E-state index >= 15 is 0 Å². The first-order valence-electron chi connectivity index (χ1n) is 8.00. The lowest BCUT2D eigenvalue weighted by molar-refractivity contribution is -0.121. The number of Topliss-reactive ketones (excluding diaryl/α,β-unsaturated/α-hetero) is 1. The number of ether oxygens (including phenoxy) is 2. The van der Waals surface area contributed by atoms with Crippen LogP contribution in [0.15, 0.2) is 30.3 Å². The molecule has 0 radical (unpaired) electrons. The number of fused-ring (bicyclic) bond motifs is 1. The van der Waals surface area contributed by atoms with Gasteiger partial charge in [-0.05, 0) is 36.8 Å². The van der Waals surface area contributed by atoms with Crippen LogP contribution in [0.2, 0.25) is 4.34 Å². The fraction of sp³-hybridized carbons (Fsp3) is 0.333. The molecule has 0 aliphatic carbocycles. The summed E-state index contributed by atoms with van der Waals surface area (Å²) in [5.41, 5.74) is 0.925. The molecular formula is C18H18ClNO4S. The van der Waals surface area contributed by atoms with Crippen LogP contribution < -0.4 is 14.8 Å². The maximum Gasteiger partial charge on any atom is 0.220 e. The predicted molar refractivity (Wildman–Crippen MR) is 96.9 cm³/mol. The first kappa shape index (κ1) is 17.8. The maximum atomic E-state index is 12.1. The van der Waals surface area contributed by atoms with Crippen molar-refractivity contribution in [1.29, 1.82) is 0 Å². The van der Waals surface area contributed by atoms with Gasteiger partial charge >= 0.3 is 0 Å². The Hall–Kier alpha value is -2.05. The standard InChI is InChI=1S/C18H18ClNO4S/c1-11(12-2-4-14-15(10-12)24-9-8-23-14)20-18(22)7-3-13(21)16-5-6-17(19)25-16/h2,4-6,10-11H,3,7-9H2,1H3,(H,20,22). The van der Waals surface area contributed by atoms with Gasteiger partial charge in [-0.25, -0.2) is 0 Å². The fourth-order valence-electron chi connectivity index (χ4n) is 2.54.